The van der Waals surface area contributed by atoms with E-state index in [0.717, 1.165) is 0 Å². The minimum atomic E-state index is -1.42. The number of rotatable bonds is 2. The fraction of sp³-hybridized carbons (Fsp3) is 0.214. The molecule has 0 saturated carbocycles. The number of hydrogen-bond donors (Lipinski definition) is 3. The maximum Gasteiger partial charge on any atom is 0.408 e. The molecule has 114 valence electrons. The second kappa shape index (κ2) is 5.15. The Labute approximate surface area is 124 Å². The lowest BCUT2D eigenvalue weighted by Crippen LogP contribution is -2.45. The summed E-state index contributed by atoms with van der Waals surface area (Å²) in [5, 5.41) is 32.9. The van der Waals surface area contributed by atoms with E-state index < -0.39 is 24.2 Å². The number of fused-ring (bicyclic) bond motifs is 1. The van der Waals surface area contributed by atoms with Gasteiger partial charge >= 0.3 is 12.1 Å². The highest BCUT2D eigenvalue weighted by Gasteiger charge is 2.42. The SMILES string of the molecule is O=C(O)C1c2c(cnn2-c2ccccc2)C(O)CN1C(=O)O. The predicted octanol–water partition coefficient (Wildman–Crippen LogP) is 1.03. The van der Waals surface area contributed by atoms with Gasteiger partial charge in [0.1, 0.15) is 6.10 Å². The van der Waals surface area contributed by atoms with Crippen molar-refractivity contribution < 1.29 is 24.9 Å². The molecule has 22 heavy (non-hydrogen) atoms. The number of hydrogen-bond acceptors (Lipinski definition) is 4. The van der Waals surface area contributed by atoms with Crippen LogP contribution >= 0.6 is 0 Å². The van der Waals surface area contributed by atoms with Gasteiger partial charge in [0.15, 0.2) is 6.04 Å². The minimum absolute atomic E-state index is 0.153. The molecular formula is C14H13N3O5. The summed E-state index contributed by atoms with van der Waals surface area (Å²) in [5.74, 6) is -1.31. The Bertz CT molecular complexity index is 727. The molecule has 0 spiro atoms. The van der Waals surface area contributed by atoms with Crippen molar-refractivity contribution >= 4 is 12.1 Å². The van der Waals surface area contributed by atoms with Gasteiger partial charge in [-0.15, -0.1) is 0 Å². The van der Waals surface area contributed by atoms with E-state index in [0.29, 0.717) is 16.2 Å². The number of amides is 1. The number of benzene rings is 1. The van der Waals surface area contributed by atoms with Crippen LogP contribution in [-0.4, -0.2) is 48.6 Å². The van der Waals surface area contributed by atoms with Gasteiger partial charge in [0, 0.05) is 5.56 Å². The Hall–Kier alpha value is -2.87. The highest BCUT2D eigenvalue weighted by atomic mass is 16.4. The molecule has 8 heteroatoms. The van der Waals surface area contributed by atoms with Crippen LogP contribution < -0.4 is 0 Å². The Kier molecular flexibility index (Phi) is 3.30. The summed E-state index contributed by atoms with van der Waals surface area (Å²) in [5.41, 5.74) is 1.07. The second-order valence-corrected chi connectivity index (χ2v) is 4.92. The molecule has 2 heterocycles. The van der Waals surface area contributed by atoms with E-state index in [1.165, 1.54) is 10.9 Å². The Morgan fingerprint density at radius 1 is 1.18 bits per heavy atom. The van der Waals surface area contributed by atoms with Crippen molar-refractivity contribution in [3.8, 4) is 5.69 Å². The largest absolute Gasteiger partial charge is 0.479 e. The van der Waals surface area contributed by atoms with E-state index in [2.05, 4.69) is 5.10 Å². The third kappa shape index (κ3) is 2.09. The maximum atomic E-state index is 11.6. The first-order valence-electron chi connectivity index (χ1n) is 6.54. The smallest absolute Gasteiger partial charge is 0.408 e. The first-order valence-corrected chi connectivity index (χ1v) is 6.54. The highest BCUT2D eigenvalue weighted by Crippen LogP contribution is 2.36. The summed E-state index contributed by atoms with van der Waals surface area (Å²) >= 11 is 0. The number of aliphatic hydroxyl groups is 1. The monoisotopic (exact) mass is 303 g/mol. The molecule has 3 N–H and O–H groups in total. The number of nitrogens with zero attached hydrogens (tertiary/aromatic N) is 3. The summed E-state index contributed by atoms with van der Waals surface area (Å²) in [6.07, 6.45) is -1.14. The average Bonchev–Trinajstić information content (AvgIpc) is 2.92. The third-order valence-electron chi connectivity index (χ3n) is 3.62. The molecule has 2 aromatic rings. The third-order valence-corrected chi connectivity index (χ3v) is 3.62. The van der Waals surface area contributed by atoms with Gasteiger partial charge in [-0.3, -0.25) is 4.90 Å². The van der Waals surface area contributed by atoms with Crippen LogP contribution in [0.25, 0.3) is 5.69 Å². The van der Waals surface area contributed by atoms with Gasteiger partial charge < -0.3 is 15.3 Å². The van der Waals surface area contributed by atoms with E-state index in [1.807, 2.05) is 0 Å². The maximum absolute atomic E-state index is 11.6. The van der Waals surface area contributed by atoms with Gasteiger partial charge in [-0.25, -0.2) is 14.3 Å². The van der Waals surface area contributed by atoms with E-state index in [9.17, 15) is 24.9 Å². The number of para-hydroxylation sites is 1. The quantitative estimate of drug-likeness (QED) is 0.763. The number of aromatic nitrogens is 2. The molecule has 8 nitrogen and oxygen atoms in total. The molecule has 0 saturated heterocycles. The fourth-order valence-electron chi connectivity index (χ4n) is 2.65. The molecule has 0 aliphatic carbocycles. The van der Waals surface area contributed by atoms with Gasteiger partial charge in [0.05, 0.1) is 24.1 Å². The average molecular weight is 303 g/mol. The van der Waals surface area contributed by atoms with Crippen LogP contribution in [-0.2, 0) is 4.79 Å². The van der Waals surface area contributed by atoms with Gasteiger partial charge in [-0.1, -0.05) is 18.2 Å². The number of β-amino-alcohol motifs (C(OH)–C–C–N with tert-alkyl or cyclic N) is 1. The van der Waals surface area contributed by atoms with Crippen molar-refractivity contribution in [1.82, 2.24) is 14.7 Å². The van der Waals surface area contributed by atoms with Crippen molar-refractivity contribution in [1.29, 1.82) is 0 Å². The molecule has 2 atom stereocenters. The molecule has 0 fully saturated rings. The minimum Gasteiger partial charge on any atom is -0.479 e. The molecule has 2 unspecified atom stereocenters. The van der Waals surface area contributed by atoms with Gasteiger partial charge in [0.2, 0.25) is 0 Å². The molecule has 1 aromatic carbocycles. The topological polar surface area (TPSA) is 116 Å². The molecule has 1 aliphatic rings. The van der Waals surface area contributed by atoms with Crippen LogP contribution in [0.15, 0.2) is 36.5 Å². The van der Waals surface area contributed by atoms with Gasteiger partial charge in [-0.05, 0) is 12.1 Å². The highest BCUT2D eigenvalue weighted by molar-refractivity contribution is 5.81. The molecule has 0 bridgehead atoms. The van der Waals surface area contributed by atoms with Crippen molar-refractivity contribution in [2.45, 2.75) is 12.1 Å². The number of carboxylic acid groups (broad SMARTS) is 2. The van der Waals surface area contributed by atoms with Crippen molar-refractivity contribution in [3.05, 3.63) is 47.8 Å². The number of carboxylic acids is 1. The molecule has 1 aliphatic heterocycles. The number of aliphatic hydroxyl groups excluding tert-OH is 1. The van der Waals surface area contributed by atoms with Crippen molar-refractivity contribution in [2.75, 3.05) is 6.54 Å². The predicted molar refractivity (Wildman–Crippen MR) is 73.6 cm³/mol. The van der Waals surface area contributed by atoms with E-state index in [4.69, 9.17) is 0 Å². The molecule has 0 radical (unpaired) electrons. The Morgan fingerprint density at radius 2 is 1.86 bits per heavy atom. The van der Waals surface area contributed by atoms with Crippen molar-refractivity contribution in [3.63, 3.8) is 0 Å². The van der Waals surface area contributed by atoms with E-state index in [-0.39, 0.29) is 12.2 Å². The molecule has 1 aromatic heterocycles. The van der Waals surface area contributed by atoms with Crippen LogP contribution in [0.2, 0.25) is 0 Å². The zero-order valence-corrected chi connectivity index (χ0v) is 11.3. The second-order valence-electron chi connectivity index (χ2n) is 4.92. The Balaban J connectivity index is 2.20. The van der Waals surface area contributed by atoms with Gasteiger partial charge in [-0.2, -0.15) is 5.10 Å². The van der Waals surface area contributed by atoms with Crippen LogP contribution in [0.3, 0.4) is 0 Å². The lowest BCUT2D eigenvalue weighted by Gasteiger charge is -2.33. The number of aliphatic carboxylic acids is 1. The lowest BCUT2D eigenvalue weighted by molar-refractivity contribution is -0.144. The van der Waals surface area contributed by atoms with Crippen LogP contribution in [0.5, 0.6) is 0 Å². The van der Waals surface area contributed by atoms with Gasteiger partial charge in [0.25, 0.3) is 0 Å². The summed E-state index contributed by atoms with van der Waals surface area (Å²) in [6, 6.07) is 7.34. The zero-order chi connectivity index (χ0) is 15.9. The van der Waals surface area contributed by atoms with Crippen LogP contribution in [0, 0.1) is 0 Å². The standard InChI is InChI=1S/C14H13N3O5/c18-10-7-16(14(21)22)12(13(19)20)11-9(10)6-15-17(11)8-4-2-1-3-5-8/h1-6,10,12,18H,7H2,(H,19,20)(H,21,22). The first-order chi connectivity index (χ1) is 10.5. The summed E-state index contributed by atoms with van der Waals surface area (Å²) in [4.78, 5) is 23.6. The fourth-order valence-corrected chi connectivity index (χ4v) is 2.65. The van der Waals surface area contributed by atoms with Crippen LogP contribution in [0.4, 0.5) is 4.79 Å². The number of carbonyl (C=O) groups is 2. The van der Waals surface area contributed by atoms with E-state index >= 15 is 0 Å². The molecule has 1 amide bonds. The Morgan fingerprint density at radius 3 is 2.45 bits per heavy atom. The summed E-state index contributed by atoms with van der Waals surface area (Å²) in [7, 11) is 0. The van der Waals surface area contributed by atoms with E-state index in [1.54, 1.807) is 30.3 Å². The lowest BCUT2D eigenvalue weighted by atomic mass is 9.98. The van der Waals surface area contributed by atoms with Crippen molar-refractivity contribution in [2.24, 2.45) is 0 Å². The molecular weight excluding hydrogens is 290 g/mol. The first kappa shape index (κ1) is 14.1. The van der Waals surface area contributed by atoms with Crippen LogP contribution in [0.1, 0.15) is 23.4 Å². The zero-order valence-electron chi connectivity index (χ0n) is 11.3. The molecule has 3 rings (SSSR count). The summed E-state index contributed by atoms with van der Waals surface area (Å²) < 4.78 is 1.35. The summed E-state index contributed by atoms with van der Waals surface area (Å²) in [6.45, 7) is -0.306. The normalized spacial score (nSPS) is 20.5.